The average molecular weight is 330 g/mol. The zero-order chi connectivity index (χ0) is 16.2. The molecule has 120 valence electrons. The first-order valence-electron chi connectivity index (χ1n) is 7.56. The number of benzene rings is 1. The lowest BCUT2D eigenvalue weighted by Gasteiger charge is -2.07. The maximum absolute atomic E-state index is 12.4. The van der Waals surface area contributed by atoms with Gasteiger partial charge in [-0.3, -0.25) is 14.3 Å². The van der Waals surface area contributed by atoms with E-state index in [4.69, 9.17) is 4.74 Å². The predicted molar refractivity (Wildman–Crippen MR) is 92.6 cm³/mol. The van der Waals surface area contributed by atoms with Crippen molar-refractivity contribution in [3.05, 3.63) is 62.1 Å². The molecule has 0 amide bonds. The van der Waals surface area contributed by atoms with E-state index in [9.17, 15) is 9.59 Å². The van der Waals surface area contributed by atoms with E-state index < -0.39 is 0 Å². The van der Waals surface area contributed by atoms with E-state index in [2.05, 4.69) is 4.98 Å². The van der Waals surface area contributed by atoms with Gasteiger partial charge in [0.05, 0.1) is 12.0 Å². The third kappa shape index (κ3) is 3.53. The molecule has 0 saturated heterocycles. The fourth-order valence-corrected chi connectivity index (χ4v) is 3.34. The summed E-state index contributed by atoms with van der Waals surface area (Å²) >= 11 is 1.43. The second-order valence-electron chi connectivity index (χ2n) is 5.36. The molecule has 0 aliphatic rings. The molecule has 0 saturated carbocycles. The smallest absolute Gasteiger partial charge is 0.329 e. The Balaban J connectivity index is 1.61. The van der Waals surface area contributed by atoms with Crippen molar-refractivity contribution in [1.82, 2.24) is 9.55 Å². The zero-order valence-electron chi connectivity index (χ0n) is 12.9. The number of para-hydroxylation sites is 1. The van der Waals surface area contributed by atoms with Crippen molar-refractivity contribution < 1.29 is 4.74 Å². The number of nitrogens with zero attached hydrogens (tertiary/aromatic N) is 1. The number of unbranched alkanes of at least 4 members (excludes halogenated alkanes) is 1. The molecule has 0 spiro atoms. The van der Waals surface area contributed by atoms with Gasteiger partial charge in [0.2, 0.25) is 0 Å². The van der Waals surface area contributed by atoms with Crippen molar-refractivity contribution in [3.63, 3.8) is 0 Å². The maximum atomic E-state index is 12.4. The first kappa shape index (κ1) is 15.6. The quantitative estimate of drug-likeness (QED) is 0.707. The second kappa shape index (κ2) is 6.83. The molecule has 23 heavy (non-hydrogen) atoms. The average Bonchev–Trinajstić information content (AvgIpc) is 2.91. The highest BCUT2D eigenvalue weighted by Crippen LogP contribution is 2.18. The number of aromatic nitrogens is 2. The number of rotatable bonds is 6. The molecule has 1 aromatic carbocycles. The van der Waals surface area contributed by atoms with Gasteiger partial charge in [0.1, 0.15) is 10.6 Å². The summed E-state index contributed by atoms with van der Waals surface area (Å²) in [6.07, 6.45) is 1.49. The molecule has 0 aliphatic heterocycles. The Morgan fingerprint density at radius 2 is 1.96 bits per heavy atom. The molecule has 3 rings (SSSR count). The number of fused-ring (bicyclic) bond motifs is 1. The Bertz CT molecular complexity index is 909. The fraction of sp³-hybridized carbons (Fsp3) is 0.294. The number of hydrogen-bond donors (Lipinski definition) is 1. The number of thiophene rings is 1. The third-order valence-electron chi connectivity index (χ3n) is 3.58. The van der Waals surface area contributed by atoms with Crippen molar-refractivity contribution in [2.75, 3.05) is 6.61 Å². The van der Waals surface area contributed by atoms with Crippen LogP contribution in [0.4, 0.5) is 0 Å². The van der Waals surface area contributed by atoms with Gasteiger partial charge in [-0.1, -0.05) is 18.2 Å². The molecule has 0 aliphatic carbocycles. The molecule has 0 atom stereocenters. The molecule has 6 heteroatoms. The summed E-state index contributed by atoms with van der Waals surface area (Å²) in [4.78, 5) is 28.8. The topological polar surface area (TPSA) is 64.1 Å². The van der Waals surface area contributed by atoms with Crippen LogP contribution in [-0.4, -0.2) is 16.2 Å². The van der Waals surface area contributed by atoms with E-state index in [1.807, 2.05) is 43.3 Å². The van der Waals surface area contributed by atoms with Gasteiger partial charge in [-0.25, -0.2) is 4.79 Å². The molecule has 0 radical (unpaired) electrons. The van der Waals surface area contributed by atoms with Crippen LogP contribution in [0.15, 0.2) is 46.0 Å². The molecule has 1 N–H and O–H groups in total. The van der Waals surface area contributed by atoms with E-state index in [1.165, 1.54) is 15.9 Å². The number of hydrogen-bond acceptors (Lipinski definition) is 4. The standard InChI is InChI=1S/C17H18N2O3S/c1-12-11-14-15(23-12)18-17(21)19(16(14)20)9-5-6-10-22-13-7-3-2-4-8-13/h2-4,7-8,11H,5-6,9-10H2,1H3,(H,18,21). The van der Waals surface area contributed by atoms with E-state index in [-0.39, 0.29) is 11.2 Å². The van der Waals surface area contributed by atoms with Gasteiger partial charge in [0, 0.05) is 11.4 Å². The van der Waals surface area contributed by atoms with Gasteiger partial charge in [0.25, 0.3) is 5.56 Å². The van der Waals surface area contributed by atoms with Crippen LogP contribution in [0.1, 0.15) is 17.7 Å². The normalized spacial score (nSPS) is 11.0. The highest BCUT2D eigenvalue weighted by atomic mass is 32.1. The number of aryl methyl sites for hydroxylation is 1. The highest BCUT2D eigenvalue weighted by Gasteiger charge is 2.09. The van der Waals surface area contributed by atoms with Crippen LogP contribution in [0.25, 0.3) is 10.2 Å². The van der Waals surface area contributed by atoms with Gasteiger partial charge < -0.3 is 4.74 Å². The van der Waals surface area contributed by atoms with Crippen molar-refractivity contribution >= 4 is 21.6 Å². The summed E-state index contributed by atoms with van der Waals surface area (Å²) in [7, 11) is 0. The van der Waals surface area contributed by atoms with Crippen LogP contribution in [0.5, 0.6) is 5.75 Å². The van der Waals surface area contributed by atoms with Crippen molar-refractivity contribution in [2.45, 2.75) is 26.3 Å². The van der Waals surface area contributed by atoms with E-state index in [0.29, 0.717) is 29.8 Å². The van der Waals surface area contributed by atoms with E-state index in [0.717, 1.165) is 17.0 Å². The lowest BCUT2D eigenvalue weighted by atomic mass is 10.3. The van der Waals surface area contributed by atoms with Gasteiger partial charge in [-0.2, -0.15) is 0 Å². The molecule has 0 fully saturated rings. The Kier molecular flexibility index (Phi) is 4.62. The van der Waals surface area contributed by atoms with Crippen LogP contribution >= 0.6 is 11.3 Å². The molecular weight excluding hydrogens is 312 g/mol. The number of H-pyrrole nitrogens is 1. The maximum Gasteiger partial charge on any atom is 0.329 e. The Hall–Kier alpha value is -2.34. The lowest BCUT2D eigenvalue weighted by molar-refractivity contribution is 0.302. The molecule has 2 heterocycles. The molecule has 2 aromatic heterocycles. The van der Waals surface area contributed by atoms with Gasteiger partial charge in [-0.05, 0) is 38.0 Å². The summed E-state index contributed by atoms with van der Waals surface area (Å²) < 4.78 is 6.88. The predicted octanol–water partition coefficient (Wildman–Crippen LogP) is 2.92. The minimum absolute atomic E-state index is 0.211. The van der Waals surface area contributed by atoms with Gasteiger partial charge in [-0.15, -0.1) is 11.3 Å². The molecule has 3 aromatic rings. The van der Waals surface area contributed by atoms with Crippen LogP contribution in [0.2, 0.25) is 0 Å². The van der Waals surface area contributed by atoms with Crippen molar-refractivity contribution in [1.29, 1.82) is 0 Å². The van der Waals surface area contributed by atoms with Crippen LogP contribution in [0, 0.1) is 6.92 Å². The number of ether oxygens (including phenoxy) is 1. The summed E-state index contributed by atoms with van der Waals surface area (Å²) in [6, 6.07) is 11.4. The molecule has 5 nitrogen and oxygen atoms in total. The summed E-state index contributed by atoms with van der Waals surface area (Å²) in [6.45, 7) is 2.89. The van der Waals surface area contributed by atoms with Crippen LogP contribution in [0.3, 0.4) is 0 Å². The number of aromatic amines is 1. The first-order valence-corrected chi connectivity index (χ1v) is 8.38. The zero-order valence-corrected chi connectivity index (χ0v) is 13.7. The lowest BCUT2D eigenvalue weighted by Crippen LogP contribution is -2.34. The summed E-state index contributed by atoms with van der Waals surface area (Å²) in [5.74, 6) is 0.831. The molecule has 0 unspecified atom stereocenters. The van der Waals surface area contributed by atoms with Crippen LogP contribution < -0.4 is 16.0 Å². The summed E-state index contributed by atoms with van der Waals surface area (Å²) in [5.41, 5.74) is -0.551. The Labute approximate surface area is 137 Å². The first-order chi connectivity index (χ1) is 11.1. The number of nitrogens with one attached hydrogen (secondary N) is 1. The largest absolute Gasteiger partial charge is 0.494 e. The monoisotopic (exact) mass is 330 g/mol. The molecular formula is C17H18N2O3S. The Morgan fingerprint density at radius 3 is 2.74 bits per heavy atom. The van der Waals surface area contributed by atoms with Crippen molar-refractivity contribution in [2.24, 2.45) is 0 Å². The van der Waals surface area contributed by atoms with E-state index >= 15 is 0 Å². The highest BCUT2D eigenvalue weighted by molar-refractivity contribution is 7.18. The third-order valence-corrected chi connectivity index (χ3v) is 4.55. The minimum Gasteiger partial charge on any atom is -0.494 e. The van der Waals surface area contributed by atoms with E-state index in [1.54, 1.807) is 0 Å². The molecule has 0 bridgehead atoms. The van der Waals surface area contributed by atoms with Crippen LogP contribution in [-0.2, 0) is 6.54 Å². The van der Waals surface area contributed by atoms with Gasteiger partial charge >= 0.3 is 5.69 Å². The SMILES string of the molecule is Cc1cc2c(=O)n(CCCCOc3ccccc3)c(=O)[nH]c2s1. The minimum atomic E-state index is -0.340. The van der Waals surface area contributed by atoms with Gasteiger partial charge in [0.15, 0.2) is 0 Å². The second-order valence-corrected chi connectivity index (χ2v) is 6.61. The Morgan fingerprint density at radius 1 is 1.17 bits per heavy atom. The summed E-state index contributed by atoms with van der Waals surface area (Å²) in [5, 5.41) is 0.590. The fourth-order valence-electron chi connectivity index (χ4n) is 2.45. The van der Waals surface area contributed by atoms with Crippen molar-refractivity contribution in [3.8, 4) is 5.75 Å².